The number of amides is 3. The minimum absolute atomic E-state index is 0.144. The molecule has 1 unspecified atom stereocenters. The number of nitro benzene ring substituents is 1. The van der Waals surface area contributed by atoms with Crippen molar-refractivity contribution in [1.82, 2.24) is 5.32 Å². The fourth-order valence-corrected chi connectivity index (χ4v) is 5.87. The van der Waals surface area contributed by atoms with E-state index < -0.39 is 22.0 Å². The van der Waals surface area contributed by atoms with E-state index in [9.17, 15) is 24.5 Å². The maximum atomic E-state index is 13.6. The van der Waals surface area contributed by atoms with Crippen LogP contribution in [0.2, 0.25) is 5.02 Å². The van der Waals surface area contributed by atoms with Crippen LogP contribution in [0.4, 0.5) is 17.1 Å². The molecule has 1 atom stereocenters. The summed E-state index contributed by atoms with van der Waals surface area (Å²) in [6, 6.07) is 35.8. The molecule has 5 rings (SSSR count). The van der Waals surface area contributed by atoms with Gasteiger partial charge in [0.05, 0.1) is 10.5 Å². The van der Waals surface area contributed by atoms with Crippen molar-refractivity contribution in [1.29, 1.82) is 0 Å². The Hall–Kier alpha value is -5.71. The molecule has 0 heterocycles. The van der Waals surface area contributed by atoms with Gasteiger partial charge in [0, 0.05) is 32.9 Å². The standard InChI is InChI=1S/C37H29ClN4O5S/c1-24-30(38)16-10-17-31(24)40-37(45)34(25-11-4-2-5-12-25)48-29-21-19-28(20-22-29)39-36(44)32(41-35(43)26-13-6-3-7-14-26)23-27-15-8-9-18-33(27)42(46)47/h2-23,34H,1H3,(H,39,44)(H,40,45)(H,41,43)/b32-23-. The topological polar surface area (TPSA) is 130 Å². The number of nitrogens with one attached hydrogen (secondary N) is 3. The summed E-state index contributed by atoms with van der Waals surface area (Å²) in [5.74, 6) is -1.47. The first-order chi connectivity index (χ1) is 23.2. The lowest BCUT2D eigenvalue weighted by Crippen LogP contribution is -2.30. The van der Waals surface area contributed by atoms with E-state index in [1.54, 1.807) is 78.9 Å². The summed E-state index contributed by atoms with van der Waals surface area (Å²) in [6.45, 7) is 1.84. The summed E-state index contributed by atoms with van der Waals surface area (Å²) in [4.78, 5) is 51.9. The number of hydrogen-bond acceptors (Lipinski definition) is 6. The van der Waals surface area contributed by atoms with Crippen LogP contribution in [-0.2, 0) is 9.59 Å². The summed E-state index contributed by atoms with van der Waals surface area (Å²) in [5, 5.41) is 19.9. The highest BCUT2D eigenvalue weighted by atomic mass is 35.5. The van der Waals surface area contributed by atoms with Crippen LogP contribution in [0.15, 0.2) is 138 Å². The summed E-state index contributed by atoms with van der Waals surface area (Å²) in [6.07, 6.45) is 1.27. The number of carbonyl (C=O) groups excluding carboxylic acids is 3. The van der Waals surface area contributed by atoms with Crippen molar-refractivity contribution in [2.45, 2.75) is 17.1 Å². The Morgan fingerprint density at radius 3 is 2.12 bits per heavy atom. The maximum Gasteiger partial charge on any atom is 0.276 e. The fourth-order valence-electron chi connectivity index (χ4n) is 4.67. The van der Waals surface area contributed by atoms with Crippen molar-refractivity contribution in [2.24, 2.45) is 0 Å². The van der Waals surface area contributed by atoms with Crippen LogP contribution in [0.5, 0.6) is 0 Å². The van der Waals surface area contributed by atoms with E-state index >= 15 is 0 Å². The highest BCUT2D eigenvalue weighted by Gasteiger charge is 2.23. The lowest BCUT2D eigenvalue weighted by molar-refractivity contribution is -0.385. The van der Waals surface area contributed by atoms with Gasteiger partial charge in [-0.25, -0.2) is 0 Å². The van der Waals surface area contributed by atoms with Gasteiger partial charge in [-0.1, -0.05) is 78.3 Å². The molecule has 240 valence electrons. The number of rotatable bonds is 11. The van der Waals surface area contributed by atoms with Gasteiger partial charge in [-0.15, -0.1) is 11.8 Å². The number of thioether (sulfide) groups is 1. The van der Waals surface area contributed by atoms with Crippen LogP contribution in [0.3, 0.4) is 0 Å². The molecule has 0 bridgehead atoms. The molecule has 3 amide bonds. The third-order valence-electron chi connectivity index (χ3n) is 7.19. The van der Waals surface area contributed by atoms with Gasteiger partial charge in [0.1, 0.15) is 10.9 Å². The summed E-state index contributed by atoms with van der Waals surface area (Å²) in [5.41, 5.74) is 2.64. The molecule has 0 saturated heterocycles. The van der Waals surface area contributed by atoms with Gasteiger partial charge in [-0.05, 0) is 78.7 Å². The number of halogens is 1. The van der Waals surface area contributed by atoms with Crippen molar-refractivity contribution < 1.29 is 19.3 Å². The summed E-state index contributed by atoms with van der Waals surface area (Å²) in [7, 11) is 0. The molecule has 0 aromatic heterocycles. The highest BCUT2D eigenvalue weighted by Crippen LogP contribution is 2.37. The number of carbonyl (C=O) groups is 3. The average Bonchev–Trinajstić information content (AvgIpc) is 3.10. The van der Waals surface area contributed by atoms with Crippen LogP contribution >= 0.6 is 23.4 Å². The Morgan fingerprint density at radius 2 is 1.44 bits per heavy atom. The third-order valence-corrected chi connectivity index (χ3v) is 8.87. The van der Waals surface area contributed by atoms with Gasteiger partial charge in [-0.3, -0.25) is 24.5 Å². The normalized spacial score (nSPS) is 11.7. The molecule has 0 saturated carbocycles. The lowest BCUT2D eigenvalue weighted by Gasteiger charge is -2.18. The first kappa shape index (κ1) is 33.6. The Kier molecular flexibility index (Phi) is 11.0. The second-order valence-corrected chi connectivity index (χ2v) is 12.1. The fraction of sp³-hybridized carbons (Fsp3) is 0.0541. The molecule has 0 spiro atoms. The van der Waals surface area contributed by atoms with Crippen molar-refractivity contribution >= 4 is 64.2 Å². The summed E-state index contributed by atoms with van der Waals surface area (Å²) < 4.78 is 0. The molecular formula is C37H29ClN4O5S. The lowest BCUT2D eigenvalue weighted by atomic mass is 10.1. The first-order valence-electron chi connectivity index (χ1n) is 14.7. The van der Waals surface area contributed by atoms with Gasteiger partial charge in [0.15, 0.2) is 0 Å². The van der Waals surface area contributed by atoms with Crippen LogP contribution in [0, 0.1) is 17.0 Å². The van der Waals surface area contributed by atoms with E-state index in [-0.39, 0.29) is 22.9 Å². The zero-order valence-corrected chi connectivity index (χ0v) is 27.1. The second-order valence-electron chi connectivity index (χ2n) is 10.5. The van der Waals surface area contributed by atoms with Crippen LogP contribution < -0.4 is 16.0 Å². The molecular weight excluding hydrogens is 648 g/mol. The Bertz CT molecular complexity index is 1990. The number of hydrogen-bond donors (Lipinski definition) is 3. The monoisotopic (exact) mass is 676 g/mol. The molecule has 0 aliphatic heterocycles. The van der Waals surface area contributed by atoms with E-state index in [0.29, 0.717) is 22.0 Å². The maximum absolute atomic E-state index is 13.6. The molecule has 3 N–H and O–H groups in total. The zero-order chi connectivity index (χ0) is 34.0. The van der Waals surface area contributed by atoms with Crippen LogP contribution in [-0.4, -0.2) is 22.6 Å². The Balaban J connectivity index is 1.36. The van der Waals surface area contributed by atoms with E-state index in [1.165, 1.54) is 36.0 Å². The van der Waals surface area contributed by atoms with E-state index in [0.717, 1.165) is 16.0 Å². The molecule has 5 aromatic rings. The smallest absolute Gasteiger partial charge is 0.276 e. The number of para-hydroxylation sites is 1. The van der Waals surface area contributed by atoms with Crippen molar-refractivity contribution in [2.75, 3.05) is 10.6 Å². The highest BCUT2D eigenvalue weighted by molar-refractivity contribution is 8.00. The second kappa shape index (κ2) is 15.7. The molecule has 9 nitrogen and oxygen atoms in total. The number of benzene rings is 5. The number of nitro groups is 1. The quantitative estimate of drug-likeness (QED) is 0.0557. The largest absolute Gasteiger partial charge is 0.325 e. The minimum atomic E-state index is -0.684. The molecule has 0 aliphatic rings. The molecule has 11 heteroatoms. The molecule has 5 aromatic carbocycles. The zero-order valence-electron chi connectivity index (χ0n) is 25.6. The molecule has 0 radical (unpaired) electrons. The van der Waals surface area contributed by atoms with E-state index in [1.807, 2.05) is 37.3 Å². The average molecular weight is 677 g/mol. The molecule has 0 fully saturated rings. The summed E-state index contributed by atoms with van der Waals surface area (Å²) >= 11 is 7.60. The van der Waals surface area contributed by atoms with Gasteiger partial charge < -0.3 is 16.0 Å². The molecule has 48 heavy (non-hydrogen) atoms. The van der Waals surface area contributed by atoms with Gasteiger partial charge >= 0.3 is 0 Å². The molecule has 0 aliphatic carbocycles. The number of nitrogens with zero attached hydrogens (tertiary/aromatic N) is 1. The predicted octanol–water partition coefficient (Wildman–Crippen LogP) is 8.44. The van der Waals surface area contributed by atoms with Crippen molar-refractivity contribution in [3.05, 3.63) is 170 Å². The van der Waals surface area contributed by atoms with Gasteiger partial charge in [0.25, 0.3) is 17.5 Å². The minimum Gasteiger partial charge on any atom is -0.325 e. The predicted molar refractivity (Wildman–Crippen MR) is 190 cm³/mol. The third kappa shape index (κ3) is 8.55. The first-order valence-corrected chi connectivity index (χ1v) is 16.0. The van der Waals surface area contributed by atoms with E-state index in [4.69, 9.17) is 11.6 Å². The SMILES string of the molecule is Cc1c(Cl)cccc1NC(=O)C(Sc1ccc(NC(=O)/C(=C/c2ccccc2[N+](=O)[O-])NC(=O)c2ccccc2)cc1)c1ccccc1. The Labute approximate surface area is 286 Å². The van der Waals surface area contributed by atoms with Gasteiger partial charge in [0.2, 0.25) is 5.91 Å². The van der Waals surface area contributed by atoms with Crippen LogP contribution in [0.25, 0.3) is 6.08 Å². The Morgan fingerprint density at radius 1 is 0.792 bits per heavy atom. The van der Waals surface area contributed by atoms with Crippen molar-refractivity contribution in [3.8, 4) is 0 Å². The van der Waals surface area contributed by atoms with Crippen molar-refractivity contribution in [3.63, 3.8) is 0 Å². The van der Waals surface area contributed by atoms with E-state index in [2.05, 4.69) is 16.0 Å². The number of anilines is 2. The van der Waals surface area contributed by atoms with Crippen LogP contribution in [0.1, 0.15) is 32.3 Å². The van der Waals surface area contributed by atoms with Gasteiger partial charge in [-0.2, -0.15) is 0 Å².